The Morgan fingerprint density at radius 3 is 2.61 bits per heavy atom. The molecule has 2 fully saturated rings. The number of aliphatic hydroxyl groups excluding tert-OH is 4. The molecule has 1 amide bonds. The first-order valence-corrected chi connectivity index (χ1v) is 11.8. The van der Waals surface area contributed by atoms with Crippen molar-refractivity contribution in [2.24, 2.45) is 0 Å². The molecule has 3 heterocycles. The maximum absolute atomic E-state index is 12.1. The van der Waals surface area contributed by atoms with Crippen LogP contribution < -0.4 is 14.8 Å². The molecule has 1 aromatic carbocycles. The van der Waals surface area contributed by atoms with Gasteiger partial charge < -0.3 is 49.1 Å². The van der Waals surface area contributed by atoms with Gasteiger partial charge in [-0.3, -0.25) is 9.59 Å². The summed E-state index contributed by atoms with van der Waals surface area (Å²) in [6.45, 7) is 1.77. The number of nitrogens with one attached hydrogen (secondary N) is 1. The SMILES string of the molecule is CCOC(=O)CCc1cc2c([C@@H]3CNC(=O)C3)coc2c(OC)c1O[C@@H]1O[C@H](CO)[C@@H](O)[C@H](O)[C@H]1O. The van der Waals surface area contributed by atoms with E-state index in [1.807, 2.05) is 0 Å². The minimum absolute atomic E-state index is 0.0181. The van der Waals surface area contributed by atoms with E-state index in [2.05, 4.69) is 5.32 Å². The van der Waals surface area contributed by atoms with Crippen molar-refractivity contribution in [3.8, 4) is 11.5 Å². The highest BCUT2D eigenvalue weighted by molar-refractivity contribution is 5.92. The molecule has 12 nitrogen and oxygen atoms in total. The number of amides is 1. The number of carbonyl (C=O) groups is 2. The van der Waals surface area contributed by atoms with E-state index in [0.717, 1.165) is 5.56 Å². The third-order valence-corrected chi connectivity index (χ3v) is 6.49. The van der Waals surface area contributed by atoms with Gasteiger partial charge in [-0.05, 0) is 25.0 Å². The molecule has 2 aliphatic heterocycles. The number of hydrogen-bond donors (Lipinski definition) is 5. The molecule has 2 aromatic rings. The van der Waals surface area contributed by atoms with Crippen LogP contribution in [-0.2, 0) is 25.5 Å². The molecule has 12 heteroatoms. The molecule has 6 atom stereocenters. The van der Waals surface area contributed by atoms with Crippen molar-refractivity contribution in [1.29, 1.82) is 0 Å². The molecule has 0 aliphatic carbocycles. The zero-order chi connectivity index (χ0) is 26.0. The maximum Gasteiger partial charge on any atom is 0.306 e. The van der Waals surface area contributed by atoms with Gasteiger partial charge in [-0.2, -0.15) is 0 Å². The number of hydrogen-bond acceptors (Lipinski definition) is 11. The number of methoxy groups -OCH3 is 1. The molecule has 5 N–H and O–H groups in total. The van der Waals surface area contributed by atoms with Crippen LogP contribution in [0.1, 0.15) is 36.8 Å². The summed E-state index contributed by atoms with van der Waals surface area (Å²) in [6.07, 6.45) is -5.44. The van der Waals surface area contributed by atoms with Crippen LogP contribution in [0.4, 0.5) is 0 Å². The number of benzene rings is 1. The van der Waals surface area contributed by atoms with Crippen molar-refractivity contribution < 1.29 is 53.4 Å². The average Bonchev–Trinajstić information content (AvgIpc) is 3.48. The van der Waals surface area contributed by atoms with Gasteiger partial charge in [-0.1, -0.05) is 0 Å². The highest BCUT2D eigenvalue weighted by Gasteiger charge is 2.45. The summed E-state index contributed by atoms with van der Waals surface area (Å²) < 4.78 is 27.9. The number of fused-ring (bicyclic) bond motifs is 1. The van der Waals surface area contributed by atoms with Crippen LogP contribution in [0.5, 0.6) is 11.5 Å². The fourth-order valence-corrected chi connectivity index (χ4v) is 4.59. The van der Waals surface area contributed by atoms with Gasteiger partial charge in [0.25, 0.3) is 0 Å². The van der Waals surface area contributed by atoms with E-state index >= 15 is 0 Å². The van der Waals surface area contributed by atoms with E-state index in [-0.39, 0.29) is 42.8 Å². The third-order valence-electron chi connectivity index (χ3n) is 6.49. The van der Waals surface area contributed by atoms with Gasteiger partial charge in [0.15, 0.2) is 11.3 Å². The Morgan fingerprint density at radius 2 is 1.97 bits per heavy atom. The molecule has 0 bridgehead atoms. The molecule has 36 heavy (non-hydrogen) atoms. The van der Waals surface area contributed by atoms with Crippen LogP contribution in [0.15, 0.2) is 16.7 Å². The van der Waals surface area contributed by atoms with Crippen LogP contribution in [0.2, 0.25) is 0 Å². The summed E-state index contributed by atoms with van der Waals surface area (Å²) in [7, 11) is 1.40. The largest absolute Gasteiger partial charge is 0.490 e. The van der Waals surface area contributed by atoms with Gasteiger partial charge in [-0.15, -0.1) is 0 Å². The topological polar surface area (TPSA) is 177 Å². The third kappa shape index (κ3) is 5.00. The molecule has 0 unspecified atom stereocenters. The summed E-state index contributed by atoms with van der Waals surface area (Å²) in [5.41, 5.74) is 1.62. The Hall–Kier alpha value is -2.90. The molecule has 0 radical (unpaired) electrons. The molecular weight excluding hydrogens is 478 g/mol. The number of ether oxygens (including phenoxy) is 4. The smallest absolute Gasteiger partial charge is 0.306 e. The molecule has 4 rings (SSSR count). The normalized spacial score (nSPS) is 28.2. The molecule has 198 valence electrons. The lowest BCUT2D eigenvalue weighted by Gasteiger charge is -2.39. The Morgan fingerprint density at radius 1 is 1.19 bits per heavy atom. The van der Waals surface area contributed by atoms with Gasteiger partial charge in [0.05, 0.1) is 26.6 Å². The van der Waals surface area contributed by atoms with Crippen LogP contribution in [-0.4, -0.2) is 89.9 Å². The first-order valence-electron chi connectivity index (χ1n) is 11.8. The van der Waals surface area contributed by atoms with Gasteiger partial charge in [0, 0.05) is 36.3 Å². The first kappa shape index (κ1) is 26.2. The number of carbonyl (C=O) groups excluding carboxylic acids is 2. The van der Waals surface area contributed by atoms with Crippen molar-refractivity contribution in [2.75, 3.05) is 26.9 Å². The standard InChI is InChI=1S/C24H31NO11/c1-3-33-17(28)5-4-11-6-13-14(12-7-16(27)25-8-12)10-34-22(13)23(32-2)21(11)36-24-20(31)19(30)18(29)15(9-26)35-24/h6,10,12,15,18-20,24,26,29-31H,3-5,7-9H2,1-2H3,(H,25,27)/t12-,15+,18+,19-,20+,24-/m0/s1. The lowest BCUT2D eigenvalue weighted by atomic mass is 9.95. The van der Waals surface area contributed by atoms with Crippen molar-refractivity contribution >= 4 is 22.8 Å². The zero-order valence-corrected chi connectivity index (χ0v) is 20.0. The van der Waals surface area contributed by atoms with Crippen LogP contribution in [0, 0.1) is 0 Å². The minimum atomic E-state index is -1.65. The van der Waals surface area contributed by atoms with Gasteiger partial charge in [0.2, 0.25) is 17.9 Å². The Balaban J connectivity index is 1.75. The fourth-order valence-electron chi connectivity index (χ4n) is 4.59. The molecule has 0 spiro atoms. The maximum atomic E-state index is 12.1. The second kappa shape index (κ2) is 11.0. The zero-order valence-electron chi connectivity index (χ0n) is 20.0. The summed E-state index contributed by atoms with van der Waals surface area (Å²) in [4.78, 5) is 23.9. The van der Waals surface area contributed by atoms with Gasteiger partial charge in [-0.25, -0.2) is 0 Å². The highest BCUT2D eigenvalue weighted by Crippen LogP contribution is 2.45. The second-order valence-corrected chi connectivity index (χ2v) is 8.79. The Labute approximate surface area is 206 Å². The molecular formula is C24H31NO11. The summed E-state index contributed by atoms with van der Waals surface area (Å²) in [5.74, 6) is -0.342. The predicted molar refractivity (Wildman–Crippen MR) is 122 cm³/mol. The van der Waals surface area contributed by atoms with E-state index in [1.165, 1.54) is 7.11 Å². The number of rotatable bonds is 9. The summed E-state index contributed by atoms with van der Waals surface area (Å²) >= 11 is 0. The average molecular weight is 510 g/mol. The summed E-state index contributed by atoms with van der Waals surface area (Å²) in [5, 5.41) is 43.7. The van der Waals surface area contributed by atoms with Crippen LogP contribution >= 0.6 is 0 Å². The van der Waals surface area contributed by atoms with Crippen molar-refractivity contribution in [3.63, 3.8) is 0 Å². The lowest BCUT2D eigenvalue weighted by Crippen LogP contribution is -2.60. The molecule has 2 aliphatic rings. The van der Waals surface area contributed by atoms with Crippen molar-refractivity contribution in [3.05, 3.63) is 23.5 Å². The van der Waals surface area contributed by atoms with Gasteiger partial charge in [0.1, 0.15) is 24.4 Å². The Kier molecular flexibility index (Phi) is 8.00. The van der Waals surface area contributed by atoms with Crippen molar-refractivity contribution in [1.82, 2.24) is 5.32 Å². The monoisotopic (exact) mass is 509 g/mol. The quantitative estimate of drug-likeness (QED) is 0.281. The minimum Gasteiger partial charge on any atom is -0.490 e. The van der Waals surface area contributed by atoms with Crippen LogP contribution in [0.3, 0.4) is 0 Å². The first-order chi connectivity index (χ1) is 17.3. The molecule has 2 saturated heterocycles. The number of aryl methyl sites for hydroxylation is 1. The predicted octanol–water partition coefficient (Wildman–Crippen LogP) is -0.281. The van der Waals surface area contributed by atoms with E-state index < -0.39 is 43.3 Å². The van der Waals surface area contributed by atoms with E-state index in [9.17, 15) is 30.0 Å². The number of aliphatic hydroxyl groups is 4. The number of furan rings is 1. The summed E-state index contributed by atoms with van der Waals surface area (Å²) in [6, 6.07) is 1.76. The fraction of sp³-hybridized carbons (Fsp3) is 0.583. The molecule has 1 aromatic heterocycles. The van der Waals surface area contributed by atoms with Gasteiger partial charge >= 0.3 is 5.97 Å². The van der Waals surface area contributed by atoms with E-state index in [1.54, 1.807) is 19.3 Å². The van der Waals surface area contributed by atoms with Crippen LogP contribution in [0.25, 0.3) is 11.0 Å². The highest BCUT2D eigenvalue weighted by atomic mass is 16.7. The Bertz CT molecular complexity index is 1100. The van der Waals surface area contributed by atoms with E-state index in [4.69, 9.17) is 23.4 Å². The molecule has 0 saturated carbocycles. The van der Waals surface area contributed by atoms with Crippen molar-refractivity contribution in [2.45, 2.75) is 62.8 Å². The lowest BCUT2D eigenvalue weighted by molar-refractivity contribution is -0.277. The number of esters is 1. The second-order valence-electron chi connectivity index (χ2n) is 8.79. The van der Waals surface area contributed by atoms with E-state index in [0.29, 0.717) is 29.5 Å².